The maximum Gasteiger partial charge on any atom is 0.259 e. The number of aromatic nitrogens is 2. The van der Waals surface area contributed by atoms with E-state index in [1.165, 1.54) is 0 Å². The van der Waals surface area contributed by atoms with Gasteiger partial charge in [0.15, 0.2) is 5.76 Å². The fourth-order valence-electron chi connectivity index (χ4n) is 3.55. The van der Waals surface area contributed by atoms with Gasteiger partial charge >= 0.3 is 0 Å². The number of piperazine rings is 1. The molecular formula is C20H23N5O4. The molecule has 0 atom stereocenters. The highest BCUT2D eigenvalue weighted by Gasteiger charge is 2.27. The van der Waals surface area contributed by atoms with Crippen LogP contribution in [0, 0.1) is 6.92 Å². The van der Waals surface area contributed by atoms with Crippen LogP contribution in [-0.4, -0.2) is 71.0 Å². The van der Waals surface area contributed by atoms with Crippen molar-refractivity contribution in [3.8, 4) is 11.5 Å². The first kappa shape index (κ1) is 19.1. The molecule has 1 fully saturated rings. The molecule has 29 heavy (non-hydrogen) atoms. The Hall–Kier alpha value is -3.20. The number of aryl methyl sites for hydroxylation is 1. The van der Waals surface area contributed by atoms with Crippen molar-refractivity contribution in [1.29, 1.82) is 0 Å². The second-order valence-corrected chi connectivity index (χ2v) is 7.00. The van der Waals surface area contributed by atoms with E-state index in [0.717, 1.165) is 0 Å². The molecule has 1 aliphatic rings. The third-order valence-electron chi connectivity index (χ3n) is 5.02. The summed E-state index contributed by atoms with van der Waals surface area (Å²) in [5, 5.41) is 7.40. The second kappa shape index (κ2) is 8.04. The van der Waals surface area contributed by atoms with Gasteiger partial charge in [-0.2, -0.15) is 0 Å². The minimum absolute atomic E-state index is 0.00584. The Morgan fingerprint density at radius 3 is 2.72 bits per heavy atom. The number of carbonyl (C=O) groups is 2. The van der Waals surface area contributed by atoms with E-state index in [1.807, 2.05) is 6.92 Å². The highest BCUT2D eigenvalue weighted by molar-refractivity contribution is 6.06. The molecule has 4 rings (SSSR count). The normalized spacial score (nSPS) is 15.0. The zero-order chi connectivity index (χ0) is 20.4. The van der Waals surface area contributed by atoms with Crippen LogP contribution in [0.15, 0.2) is 33.4 Å². The predicted octanol–water partition coefficient (Wildman–Crippen LogP) is 1.69. The molecule has 2 amide bonds. The topological polar surface area (TPSA) is 105 Å². The highest BCUT2D eigenvalue weighted by Crippen LogP contribution is 2.28. The molecule has 0 spiro atoms. The van der Waals surface area contributed by atoms with Gasteiger partial charge in [0.25, 0.3) is 11.6 Å². The Balaban J connectivity index is 1.56. The van der Waals surface area contributed by atoms with Crippen molar-refractivity contribution in [1.82, 2.24) is 25.3 Å². The van der Waals surface area contributed by atoms with Crippen LogP contribution in [0.2, 0.25) is 0 Å². The van der Waals surface area contributed by atoms with E-state index in [1.54, 1.807) is 36.3 Å². The van der Waals surface area contributed by atoms with E-state index in [2.05, 4.69) is 20.4 Å². The number of nitrogens with zero attached hydrogens (tertiary/aromatic N) is 4. The standard InChI is InChI=1S/C20H23N5O4/c1-3-21-17(26)12-24-6-8-25(9-7-24)20(27)14-11-15(16-5-4-10-28-16)22-19-18(14)13(2)23-29-19/h4-5,10-11H,3,6-9,12H2,1-2H3,(H,21,26). The Kier molecular flexibility index (Phi) is 5.30. The molecule has 1 aliphatic heterocycles. The molecule has 152 valence electrons. The molecule has 1 saturated heterocycles. The fraction of sp³-hybridized carbons (Fsp3) is 0.400. The lowest BCUT2D eigenvalue weighted by molar-refractivity contribution is -0.122. The summed E-state index contributed by atoms with van der Waals surface area (Å²) in [6.45, 7) is 7.03. The average Bonchev–Trinajstić information content (AvgIpc) is 3.38. The summed E-state index contributed by atoms with van der Waals surface area (Å²) in [7, 11) is 0. The number of hydrogen-bond acceptors (Lipinski definition) is 7. The lowest BCUT2D eigenvalue weighted by Gasteiger charge is -2.34. The molecule has 0 unspecified atom stereocenters. The molecule has 0 saturated carbocycles. The van der Waals surface area contributed by atoms with Crippen LogP contribution in [0.25, 0.3) is 22.6 Å². The van der Waals surface area contributed by atoms with E-state index in [9.17, 15) is 9.59 Å². The van der Waals surface area contributed by atoms with Crippen molar-refractivity contribution >= 4 is 22.9 Å². The van der Waals surface area contributed by atoms with Crippen LogP contribution in [-0.2, 0) is 4.79 Å². The molecule has 9 heteroatoms. The van der Waals surface area contributed by atoms with E-state index in [4.69, 9.17) is 8.94 Å². The van der Waals surface area contributed by atoms with Crippen LogP contribution < -0.4 is 5.32 Å². The third kappa shape index (κ3) is 3.86. The lowest BCUT2D eigenvalue weighted by Crippen LogP contribution is -2.51. The number of pyridine rings is 1. The number of amides is 2. The predicted molar refractivity (Wildman–Crippen MR) is 105 cm³/mol. The van der Waals surface area contributed by atoms with Gasteiger partial charge in [-0.25, -0.2) is 4.98 Å². The first-order valence-corrected chi connectivity index (χ1v) is 9.66. The van der Waals surface area contributed by atoms with Gasteiger partial charge in [0, 0.05) is 32.7 Å². The maximum absolute atomic E-state index is 13.3. The monoisotopic (exact) mass is 397 g/mol. The summed E-state index contributed by atoms with van der Waals surface area (Å²) in [4.78, 5) is 33.4. The molecule has 9 nitrogen and oxygen atoms in total. The second-order valence-electron chi connectivity index (χ2n) is 7.00. The zero-order valence-corrected chi connectivity index (χ0v) is 16.5. The Labute approximate surface area is 167 Å². The molecule has 4 heterocycles. The van der Waals surface area contributed by atoms with E-state index in [-0.39, 0.29) is 11.8 Å². The third-order valence-corrected chi connectivity index (χ3v) is 5.02. The van der Waals surface area contributed by atoms with E-state index in [0.29, 0.717) is 73.1 Å². The summed E-state index contributed by atoms with van der Waals surface area (Å²) < 4.78 is 10.8. The van der Waals surface area contributed by atoms with Crippen molar-refractivity contribution in [2.75, 3.05) is 39.3 Å². The van der Waals surface area contributed by atoms with Gasteiger partial charge in [-0.3, -0.25) is 14.5 Å². The number of nitrogens with one attached hydrogen (secondary N) is 1. The Bertz CT molecular complexity index is 1020. The van der Waals surface area contributed by atoms with Gasteiger partial charge < -0.3 is 19.2 Å². The van der Waals surface area contributed by atoms with Crippen LogP contribution in [0.1, 0.15) is 23.0 Å². The zero-order valence-electron chi connectivity index (χ0n) is 16.5. The van der Waals surface area contributed by atoms with Crippen LogP contribution in [0.5, 0.6) is 0 Å². The van der Waals surface area contributed by atoms with Crippen molar-refractivity contribution in [2.24, 2.45) is 0 Å². The van der Waals surface area contributed by atoms with Crippen molar-refractivity contribution in [3.05, 3.63) is 35.7 Å². The van der Waals surface area contributed by atoms with Crippen LogP contribution >= 0.6 is 0 Å². The van der Waals surface area contributed by atoms with Crippen molar-refractivity contribution in [3.63, 3.8) is 0 Å². The summed E-state index contributed by atoms with van der Waals surface area (Å²) in [6, 6.07) is 5.28. The number of rotatable bonds is 5. The van der Waals surface area contributed by atoms with Crippen LogP contribution in [0.3, 0.4) is 0 Å². The van der Waals surface area contributed by atoms with Gasteiger partial charge in [0.2, 0.25) is 5.91 Å². The number of carbonyl (C=O) groups excluding carboxylic acids is 2. The average molecular weight is 397 g/mol. The summed E-state index contributed by atoms with van der Waals surface area (Å²) in [5.41, 5.74) is 1.96. The van der Waals surface area contributed by atoms with Gasteiger partial charge in [-0.15, -0.1) is 0 Å². The van der Waals surface area contributed by atoms with E-state index >= 15 is 0 Å². The number of hydrogen-bond donors (Lipinski definition) is 1. The quantitative estimate of drug-likeness (QED) is 0.698. The summed E-state index contributed by atoms with van der Waals surface area (Å²) in [5.74, 6) is 0.460. The first-order valence-electron chi connectivity index (χ1n) is 9.66. The first-order chi connectivity index (χ1) is 14.1. The Morgan fingerprint density at radius 1 is 1.24 bits per heavy atom. The maximum atomic E-state index is 13.3. The lowest BCUT2D eigenvalue weighted by atomic mass is 10.1. The smallest absolute Gasteiger partial charge is 0.259 e. The molecule has 0 radical (unpaired) electrons. The fourth-order valence-corrected chi connectivity index (χ4v) is 3.55. The van der Waals surface area contributed by atoms with Crippen molar-refractivity contribution in [2.45, 2.75) is 13.8 Å². The SMILES string of the molecule is CCNC(=O)CN1CCN(C(=O)c2cc(-c3ccco3)nc3onc(C)c23)CC1. The van der Waals surface area contributed by atoms with Gasteiger partial charge in [0.1, 0.15) is 5.69 Å². The highest BCUT2D eigenvalue weighted by atomic mass is 16.5. The molecule has 3 aromatic heterocycles. The van der Waals surface area contributed by atoms with Gasteiger partial charge in [-0.05, 0) is 32.0 Å². The number of likely N-dealkylation sites (N-methyl/N-ethyl adjacent to an activating group) is 1. The number of fused-ring (bicyclic) bond motifs is 1. The molecular weight excluding hydrogens is 374 g/mol. The summed E-state index contributed by atoms with van der Waals surface area (Å²) in [6.07, 6.45) is 1.56. The largest absolute Gasteiger partial charge is 0.463 e. The van der Waals surface area contributed by atoms with Crippen molar-refractivity contribution < 1.29 is 18.5 Å². The molecule has 0 aromatic carbocycles. The molecule has 3 aromatic rings. The minimum atomic E-state index is -0.103. The molecule has 0 aliphatic carbocycles. The Morgan fingerprint density at radius 2 is 2.03 bits per heavy atom. The van der Waals surface area contributed by atoms with Gasteiger partial charge in [0.05, 0.1) is 29.5 Å². The van der Waals surface area contributed by atoms with Crippen LogP contribution in [0.4, 0.5) is 0 Å². The summed E-state index contributed by atoms with van der Waals surface area (Å²) >= 11 is 0. The van der Waals surface area contributed by atoms with Gasteiger partial charge in [-0.1, -0.05) is 5.16 Å². The molecule has 1 N–H and O–H groups in total. The minimum Gasteiger partial charge on any atom is -0.463 e. The van der Waals surface area contributed by atoms with E-state index < -0.39 is 0 Å². The number of furan rings is 1. The molecule has 0 bridgehead atoms.